The Kier molecular flexibility index (Phi) is 5.80. The van der Waals surface area contributed by atoms with Gasteiger partial charge >= 0.3 is 0 Å². The van der Waals surface area contributed by atoms with Gasteiger partial charge < -0.3 is 10.1 Å². The summed E-state index contributed by atoms with van der Waals surface area (Å²) in [6.45, 7) is 6.56. The summed E-state index contributed by atoms with van der Waals surface area (Å²) in [6.07, 6.45) is 3.36. The SMILES string of the molecule is CCC(Oc1cccc(C2CCNCC2)c1C)c1cccc(Cl)c1. The van der Waals surface area contributed by atoms with E-state index in [2.05, 4.69) is 43.4 Å². The first-order chi connectivity index (χ1) is 11.7. The van der Waals surface area contributed by atoms with Crippen LogP contribution in [0.15, 0.2) is 42.5 Å². The molecule has 1 saturated heterocycles. The maximum Gasteiger partial charge on any atom is 0.124 e. The van der Waals surface area contributed by atoms with E-state index < -0.39 is 0 Å². The van der Waals surface area contributed by atoms with Crippen molar-refractivity contribution in [2.75, 3.05) is 13.1 Å². The van der Waals surface area contributed by atoms with E-state index in [0.717, 1.165) is 35.8 Å². The summed E-state index contributed by atoms with van der Waals surface area (Å²) in [6, 6.07) is 14.5. The van der Waals surface area contributed by atoms with E-state index >= 15 is 0 Å². The number of halogens is 1. The van der Waals surface area contributed by atoms with E-state index in [1.807, 2.05) is 18.2 Å². The van der Waals surface area contributed by atoms with Crippen molar-refractivity contribution in [3.63, 3.8) is 0 Å². The second kappa shape index (κ2) is 8.04. The highest BCUT2D eigenvalue weighted by Gasteiger charge is 2.20. The van der Waals surface area contributed by atoms with Crippen molar-refractivity contribution in [3.8, 4) is 5.75 Å². The Balaban J connectivity index is 1.83. The minimum Gasteiger partial charge on any atom is -0.485 e. The van der Waals surface area contributed by atoms with Gasteiger partial charge in [0.05, 0.1) is 0 Å². The van der Waals surface area contributed by atoms with E-state index in [9.17, 15) is 0 Å². The van der Waals surface area contributed by atoms with Gasteiger partial charge in [-0.15, -0.1) is 0 Å². The molecule has 2 aromatic carbocycles. The maximum atomic E-state index is 6.39. The molecule has 128 valence electrons. The first-order valence-electron chi connectivity index (χ1n) is 8.91. The van der Waals surface area contributed by atoms with E-state index in [0.29, 0.717) is 5.92 Å². The quantitative estimate of drug-likeness (QED) is 0.757. The predicted octanol–water partition coefficient (Wildman–Crippen LogP) is 5.65. The Hall–Kier alpha value is -1.51. The number of nitrogens with one attached hydrogen (secondary N) is 1. The monoisotopic (exact) mass is 343 g/mol. The van der Waals surface area contributed by atoms with Gasteiger partial charge in [-0.2, -0.15) is 0 Å². The van der Waals surface area contributed by atoms with Gasteiger partial charge in [0.2, 0.25) is 0 Å². The van der Waals surface area contributed by atoms with Crippen molar-refractivity contribution < 1.29 is 4.74 Å². The summed E-state index contributed by atoms with van der Waals surface area (Å²) in [5.41, 5.74) is 3.86. The first-order valence-corrected chi connectivity index (χ1v) is 9.29. The van der Waals surface area contributed by atoms with Gasteiger partial charge in [0.1, 0.15) is 11.9 Å². The lowest BCUT2D eigenvalue weighted by Gasteiger charge is -2.26. The van der Waals surface area contributed by atoms with Crippen LogP contribution in [0.5, 0.6) is 5.75 Å². The van der Waals surface area contributed by atoms with Crippen LogP contribution in [0.25, 0.3) is 0 Å². The molecule has 0 amide bonds. The molecule has 2 nitrogen and oxygen atoms in total. The highest BCUT2D eigenvalue weighted by molar-refractivity contribution is 6.30. The molecule has 1 fully saturated rings. The van der Waals surface area contributed by atoms with Crippen LogP contribution in [-0.4, -0.2) is 13.1 Å². The number of ether oxygens (including phenoxy) is 1. The molecular formula is C21H26ClNO. The van der Waals surface area contributed by atoms with Crippen LogP contribution in [0.2, 0.25) is 5.02 Å². The average Bonchev–Trinajstić information content (AvgIpc) is 2.61. The van der Waals surface area contributed by atoms with Crippen LogP contribution < -0.4 is 10.1 Å². The molecule has 1 N–H and O–H groups in total. The van der Waals surface area contributed by atoms with Gasteiger partial charge in [-0.3, -0.25) is 0 Å². The summed E-state index contributed by atoms with van der Waals surface area (Å²) in [5, 5.41) is 4.20. The Morgan fingerprint density at radius 1 is 1.17 bits per heavy atom. The molecule has 1 unspecified atom stereocenters. The van der Waals surface area contributed by atoms with Crippen LogP contribution in [0.1, 0.15) is 54.9 Å². The zero-order valence-corrected chi connectivity index (χ0v) is 15.3. The summed E-state index contributed by atoms with van der Waals surface area (Å²) < 4.78 is 6.39. The fourth-order valence-corrected chi connectivity index (χ4v) is 3.78. The van der Waals surface area contributed by atoms with Crippen LogP contribution in [0, 0.1) is 6.92 Å². The number of hydrogen-bond donors (Lipinski definition) is 1. The fourth-order valence-electron chi connectivity index (χ4n) is 3.58. The topological polar surface area (TPSA) is 21.3 Å². The molecule has 0 bridgehead atoms. The molecular weight excluding hydrogens is 318 g/mol. The summed E-state index contributed by atoms with van der Waals surface area (Å²) in [4.78, 5) is 0. The van der Waals surface area contributed by atoms with Crippen molar-refractivity contribution in [2.24, 2.45) is 0 Å². The molecule has 0 spiro atoms. The average molecular weight is 344 g/mol. The van der Waals surface area contributed by atoms with E-state index in [1.165, 1.54) is 24.0 Å². The molecule has 1 heterocycles. The van der Waals surface area contributed by atoms with Gasteiger partial charge in [0.25, 0.3) is 0 Å². The first kappa shape index (κ1) is 17.3. The third-order valence-electron chi connectivity index (χ3n) is 4.97. The standard InChI is InChI=1S/C21H26ClNO/c1-3-20(17-6-4-7-18(22)14-17)24-21-9-5-8-19(15(21)2)16-10-12-23-13-11-16/h4-9,14,16,20,23H,3,10-13H2,1-2H3. The Bertz CT molecular complexity index is 679. The highest BCUT2D eigenvalue weighted by atomic mass is 35.5. The molecule has 3 rings (SSSR count). The van der Waals surface area contributed by atoms with Gasteiger partial charge in [-0.1, -0.05) is 42.8 Å². The van der Waals surface area contributed by atoms with Crippen LogP contribution in [0.3, 0.4) is 0 Å². The minimum absolute atomic E-state index is 0.0330. The fraction of sp³-hybridized carbons (Fsp3) is 0.429. The van der Waals surface area contributed by atoms with Gasteiger partial charge in [0.15, 0.2) is 0 Å². The number of piperidine rings is 1. The normalized spacial score (nSPS) is 16.8. The van der Waals surface area contributed by atoms with Crippen molar-refractivity contribution in [1.82, 2.24) is 5.32 Å². The van der Waals surface area contributed by atoms with E-state index in [-0.39, 0.29) is 6.10 Å². The number of hydrogen-bond acceptors (Lipinski definition) is 2. The lowest BCUT2D eigenvalue weighted by Crippen LogP contribution is -2.27. The Morgan fingerprint density at radius 2 is 1.92 bits per heavy atom. The third-order valence-corrected chi connectivity index (χ3v) is 5.20. The molecule has 0 aromatic heterocycles. The lowest BCUT2D eigenvalue weighted by atomic mass is 9.87. The summed E-state index contributed by atoms with van der Waals surface area (Å²) in [7, 11) is 0. The molecule has 2 aromatic rings. The molecule has 0 radical (unpaired) electrons. The highest BCUT2D eigenvalue weighted by Crippen LogP contribution is 2.35. The van der Waals surface area contributed by atoms with Crippen LogP contribution in [-0.2, 0) is 0 Å². The van der Waals surface area contributed by atoms with Crippen molar-refractivity contribution in [3.05, 3.63) is 64.2 Å². The Labute approximate surface area is 150 Å². The van der Waals surface area contributed by atoms with E-state index in [1.54, 1.807) is 0 Å². The van der Waals surface area contributed by atoms with Crippen molar-refractivity contribution in [1.29, 1.82) is 0 Å². The molecule has 24 heavy (non-hydrogen) atoms. The molecule has 1 atom stereocenters. The number of rotatable bonds is 5. The van der Waals surface area contributed by atoms with E-state index in [4.69, 9.17) is 16.3 Å². The Morgan fingerprint density at radius 3 is 2.62 bits per heavy atom. The third kappa shape index (κ3) is 3.93. The van der Waals surface area contributed by atoms with Crippen molar-refractivity contribution in [2.45, 2.75) is 45.1 Å². The van der Waals surface area contributed by atoms with Gasteiger partial charge in [0, 0.05) is 5.02 Å². The van der Waals surface area contributed by atoms with Crippen molar-refractivity contribution >= 4 is 11.6 Å². The molecule has 1 aliphatic heterocycles. The summed E-state index contributed by atoms with van der Waals surface area (Å²) >= 11 is 6.15. The maximum absolute atomic E-state index is 6.39. The second-order valence-corrected chi connectivity index (χ2v) is 7.00. The largest absolute Gasteiger partial charge is 0.485 e. The molecule has 1 aliphatic rings. The summed E-state index contributed by atoms with van der Waals surface area (Å²) in [5.74, 6) is 1.64. The lowest BCUT2D eigenvalue weighted by molar-refractivity contribution is 0.199. The molecule has 0 aliphatic carbocycles. The second-order valence-electron chi connectivity index (χ2n) is 6.56. The molecule has 3 heteroatoms. The van der Waals surface area contributed by atoms with Gasteiger partial charge in [-0.05, 0) is 80.1 Å². The number of benzene rings is 2. The predicted molar refractivity (Wildman–Crippen MR) is 101 cm³/mol. The minimum atomic E-state index is 0.0330. The zero-order chi connectivity index (χ0) is 16.9. The molecule has 0 saturated carbocycles. The van der Waals surface area contributed by atoms with Crippen LogP contribution >= 0.6 is 11.6 Å². The zero-order valence-electron chi connectivity index (χ0n) is 14.5. The smallest absolute Gasteiger partial charge is 0.124 e. The van der Waals surface area contributed by atoms with Gasteiger partial charge in [-0.25, -0.2) is 0 Å². The van der Waals surface area contributed by atoms with Crippen LogP contribution in [0.4, 0.5) is 0 Å².